The van der Waals surface area contributed by atoms with Crippen molar-refractivity contribution in [3.8, 4) is 11.3 Å². The topological polar surface area (TPSA) is 116 Å². The van der Waals surface area contributed by atoms with Gasteiger partial charge in [0, 0.05) is 18.0 Å². The number of hydrogen-bond donors (Lipinski definition) is 1. The van der Waals surface area contributed by atoms with Crippen molar-refractivity contribution < 1.29 is 14.1 Å². The average molecular weight is 381 g/mol. The van der Waals surface area contributed by atoms with Gasteiger partial charge in [0.05, 0.1) is 30.0 Å². The summed E-state index contributed by atoms with van der Waals surface area (Å²) in [6.45, 7) is 0.200. The SMILES string of the molecule is O=C(NCc1cc(-c2ccncc2)n(C2CCCC2)n1)c1ccc([N+](=O)[O-])o1. The standard InChI is InChI=1S/C19H19N5O4/c25-19(17-5-6-18(28-17)24(26)27)21-12-14-11-16(13-7-9-20-10-8-13)23(22-14)15-3-1-2-4-15/h5-11,15H,1-4,12H2,(H,21,25). The normalized spacial score (nSPS) is 14.3. The molecule has 0 unspecified atom stereocenters. The quantitative estimate of drug-likeness (QED) is 0.516. The Morgan fingerprint density at radius 2 is 2.00 bits per heavy atom. The van der Waals surface area contributed by atoms with E-state index in [4.69, 9.17) is 9.52 Å². The summed E-state index contributed by atoms with van der Waals surface area (Å²) in [7, 11) is 0. The predicted molar refractivity (Wildman–Crippen MR) is 99.5 cm³/mol. The molecule has 144 valence electrons. The lowest BCUT2D eigenvalue weighted by atomic mass is 10.1. The molecule has 0 spiro atoms. The first-order valence-corrected chi connectivity index (χ1v) is 9.13. The number of pyridine rings is 1. The van der Waals surface area contributed by atoms with E-state index >= 15 is 0 Å². The first-order chi connectivity index (χ1) is 13.6. The van der Waals surface area contributed by atoms with E-state index in [-0.39, 0.29) is 12.3 Å². The second-order valence-corrected chi connectivity index (χ2v) is 6.72. The number of nitrogens with zero attached hydrogens (tertiary/aromatic N) is 4. The average Bonchev–Trinajstić information content (AvgIpc) is 3.47. The molecule has 1 N–H and O–H groups in total. The van der Waals surface area contributed by atoms with Crippen molar-refractivity contribution in [3.05, 3.63) is 64.3 Å². The number of carbonyl (C=O) groups is 1. The number of aromatic nitrogens is 3. The van der Waals surface area contributed by atoms with Crippen molar-refractivity contribution in [2.45, 2.75) is 38.3 Å². The van der Waals surface area contributed by atoms with Crippen LogP contribution in [0.25, 0.3) is 11.3 Å². The molecule has 1 saturated carbocycles. The Balaban J connectivity index is 1.53. The highest BCUT2D eigenvalue weighted by Gasteiger charge is 2.23. The molecule has 3 heterocycles. The van der Waals surface area contributed by atoms with Crippen LogP contribution in [0.2, 0.25) is 0 Å². The van der Waals surface area contributed by atoms with Crippen LogP contribution >= 0.6 is 0 Å². The summed E-state index contributed by atoms with van der Waals surface area (Å²) in [5, 5.41) is 18.1. The van der Waals surface area contributed by atoms with Crippen LogP contribution in [0.5, 0.6) is 0 Å². The van der Waals surface area contributed by atoms with Crippen LogP contribution in [0.1, 0.15) is 48.0 Å². The van der Waals surface area contributed by atoms with Gasteiger partial charge in [0.25, 0.3) is 5.91 Å². The molecule has 0 radical (unpaired) electrons. The molecule has 28 heavy (non-hydrogen) atoms. The summed E-state index contributed by atoms with van der Waals surface area (Å²) in [6, 6.07) is 8.62. The van der Waals surface area contributed by atoms with E-state index in [2.05, 4.69) is 10.3 Å². The fraction of sp³-hybridized carbons (Fsp3) is 0.316. The highest BCUT2D eigenvalue weighted by molar-refractivity contribution is 5.91. The predicted octanol–water partition coefficient (Wildman–Crippen LogP) is 3.49. The second kappa shape index (κ2) is 7.63. The molecule has 0 aromatic carbocycles. The summed E-state index contributed by atoms with van der Waals surface area (Å²) >= 11 is 0. The maximum Gasteiger partial charge on any atom is 0.433 e. The van der Waals surface area contributed by atoms with E-state index in [9.17, 15) is 14.9 Å². The van der Waals surface area contributed by atoms with Crippen LogP contribution in [-0.4, -0.2) is 25.6 Å². The fourth-order valence-electron chi connectivity index (χ4n) is 3.50. The number of amides is 1. The molecule has 1 fully saturated rings. The zero-order valence-corrected chi connectivity index (χ0v) is 15.1. The lowest BCUT2D eigenvalue weighted by molar-refractivity contribution is -0.402. The van der Waals surface area contributed by atoms with E-state index in [1.165, 1.54) is 18.9 Å². The van der Waals surface area contributed by atoms with Crippen LogP contribution in [0.4, 0.5) is 5.88 Å². The van der Waals surface area contributed by atoms with Gasteiger partial charge in [-0.1, -0.05) is 12.8 Å². The zero-order chi connectivity index (χ0) is 19.5. The summed E-state index contributed by atoms with van der Waals surface area (Å²) < 4.78 is 6.97. The first kappa shape index (κ1) is 17.9. The molecule has 9 heteroatoms. The third kappa shape index (κ3) is 3.64. The molecule has 1 aliphatic carbocycles. The van der Waals surface area contributed by atoms with E-state index in [0.29, 0.717) is 11.7 Å². The van der Waals surface area contributed by atoms with Gasteiger partial charge in [0.15, 0.2) is 5.76 Å². The third-order valence-electron chi connectivity index (χ3n) is 4.86. The number of nitrogens with one attached hydrogen (secondary N) is 1. The monoisotopic (exact) mass is 381 g/mol. The number of furan rings is 1. The number of rotatable bonds is 6. The largest absolute Gasteiger partial charge is 0.433 e. The molecule has 9 nitrogen and oxygen atoms in total. The van der Waals surface area contributed by atoms with Crippen molar-refractivity contribution in [1.82, 2.24) is 20.1 Å². The van der Waals surface area contributed by atoms with Gasteiger partial charge in [-0.25, -0.2) is 0 Å². The van der Waals surface area contributed by atoms with E-state index in [1.807, 2.05) is 22.9 Å². The van der Waals surface area contributed by atoms with Crippen molar-refractivity contribution in [3.63, 3.8) is 0 Å². The highest BCUT2D eigenvalue weighted by atomic mass is 16.6. The van der Waals surface area contributed by atoms with Gasteiger partial charge in [-0.2, -0.15) is 5.10 Å². The fourth-order valence-corrected chi connectivity index (χ4v) is 3.50. The van der Waals surface area contributed by atoms with Crippen LogP contribution in [0.15, 0.2) is 47.1 Å². The lowest BCUT2D eigenvalue weighted by Crippen LogP contribution is -2.22. The van der Waals surface area contributed by atoms with Crippen LogP contribution in [0, 0.1) is 10.1 Å². The van der Waals surface area contributed by atoms with Gasteiger partial charge in [-0.15, -0.1) is 0 Å². The summed E-state index contributed by atoms with van der Waals surface area (Å²) in [5.41, 5.74) is 2.73. The molecular weight excluding hydrogens is 362 g/mol. The van der Waals surface area contributed by atoms with Crippen molar-refractivity contribution in [1.29, 1.82) is 0 Å². The molecule has 0 bridgehead atoms. The van der Waals surface area contributed by atoms with Crippen molar-refractivity contribution in [2.75, 3.05) is 0 Å². The molecule has 0 aliphatic heterocycles. The van der Waals surface area contributed by atoms with Crippen LogP contribution < -0.4 is 5.32 Å². The maximum absolute atomic E-state index is 12.2. The number of nitro groups is 1. The van der Waals surface area contributed by atoms with Gasteiger partial charge in [-0.3, -0.25) is 24.6 Å². The Hall–Kier alpha value is -3.49. The maximum atomic E-state index is 12.2. The summed E-state index contributed by atoms with van der Waals surface area (Å²) in [4.78, 5) is 26.3. The zero-order valence-electron chi connectivity index (χ0n) is 15.1. The van der Waals surface area contributed by atoms with Gasteiger partial charge < -0.3 is 9.73 Å². The first-order valence-electron chi connectivity index (χ1n) is 9.13. The number of hydrogen-bond acceptors (Lipinski definition) is 6. The highest BCUT2D eigenvalue weighted by Crippen LogP contribution is 2.33. The molecule has 1 amide bonds. The second-order valence-electron chi connectivity index (χ2n) is 6.72. The van der Waals surface area contributed by atoms with E-state index in [1.54, 1.807) is 12.4 Å². The van der Waals surface area contributed by atoms with Crippen LogP contribution in [0.3, 0.4) is 0 Å². The Kier molecular flexibility index (Phi) is 4.88. The molecule has 3 aromatic rings. The summed E-state index contributed by atoms with van der Waals surface area (Å²) in [5.74, 6) is -1.08. The number of carbonyl (C=O) groups excluding carboxylic acids is 1. The minimum Gasteiger partial charge on any atom is -0.395 e. The molecular formula is C19H19N5O4. The molecule has 3 aromatic heterocycles. The van der Waals surface area contributed by atoms with Gasteiger partial charge in [0.1, 0.15) is 4.92 Å². The molecule has 4 rings (SSSR count). The Morgan fingerprint density at radius 1 is 1.25 bits per heavy atom. The molecule has 0 saturated heterocycles. The Bertz CT molecular complexity index is 989. The van der Waals surface area contributed by atoms with Crippen LogP contribution in [-0.2, 0) is 6.54 Å². The van der Waals surface area contributed by atoms with Crippen molar-refractivity contribution in [2.24, 2.45) is 0 Å². The Morgan fingerprint density at radius 3 is 2.68 bits per heavy atom. The van der Waals surface area contributed by atoms with E-state index in [0.717, 1.165) is 30.2 Å². The Labute approximate surface area is 160 Å². The van der Waals surface area contributed by atoms with Gasteiger partial charge in [0.2, 0.25) is 0 Å². The third-order valence-corrected chi connectivity index (χ3v) is 4.86. The smallest absolute Gasteiger partial charge is 0.395 e. The minimum absolute atomic E-state index is 0.101. The molecule has 0 atom stereocenters. The minimum atomic E-state index is -0.680. The van der Waals surface area contributed by atoms with Crippen molar-refractivity contribution >= 4 is 11.8 Å². The lowest BCUT2D eigenvalue weighted by Gasteiger charge is -2.14. The summed E-state index contributed by atoms with van der Waals surface area (Å²) in [6.07, 6.45) is 8.02. The van der Waals surface area contributed by atoms with Gasteiger partial charge >= 0.3 is 5.88 Å². The molecule has 1 aliphatic rings. The van der Waals surface area contributed by atoms with Gasteiger partial charge in [-0.05, 0) is 37.1 Å². The van der Waals surface area contributed by atoms with E-state index < -0.39 is 16.7 Å².